The SMILES string of the molecule is CCc1noc(CC)c1CNC(=NC)NCc1cccc(C(N)=O)c1.I. The van der Waals surface area contributed by atoms with Crippen LogP contribution >= 0.6 is 24.0 Å². The van der Waals surface area contributed by atoms with Crippen LogP contribution in [0.4, 0.5) is 0 Å². The van der Waals surface area contributed by atoms with Crippen molar-refractivity contribution in [1.82, 2.24) is 15.8 Å². The second kappa shape index (κ2) is 10.8. The predicted octanol–water partition coefficient (Wildman–Crippen LogP) is 2.38. The maximum absolute atomic E-state index is 11.3. The Morgan fingerprint density at radius 1 is 1.23 bits per heavy atom. The number of nitrogens with one attached hydrogen (secondary N) is 2. The molecule has 0 aliphatic heterocycles. The molecule has 142 valence electrons. The summed E-state index contributed by atoms with van der Waals surface area (Å²) < 4.78 is 5.37. The third kappa shape index (κ3) is 5.72. The average Bonchev–Trinajstić information content (AvgIpc) is 3.04. The number of hydrogen-bond acceptors (Lipinski definition) is 4. The highest BCUT2D eigenvalue weighted by Crippen LogP contribution is 2.15. The first-order valence-electron chi connectivity index (χ1n) is 8.38. The van der Waals surface area contributed by atoms with Gasteiger partial charge in [0.05, 0.1) is 5.69 Å². The zero-order valence-electron chi connectivity index (χ0n) is 15.3. The monoisotopic (exact) mass is 471 g/mol. The minimum Gasteiger partial charge on any atom is -0.366 e. The quantitative estimate of drug-likeness (QED) is 0.327. The number of primary amides is 1. The van der Waals surface area contributed by atoms with Crippen LogP contribution < -0.4 is 16.4 Å². The van der Waals surface area contributed by atoms with Crippen molar-refractivity contribution in [2.75, 3.05) is 7.05 Å². The van der Waals surface area contributed by atoms with Crippen molar-refractivity contribution < 1.29 is 9.32 Å². The third-order valence-corrected chi connectivity index (χ3v) is 3.93. The number of aromatic nitrogens is 1. The normalized spacial score (nSPS) is 11.0. The Bertz CT molecular complexity index is 736. The van der Waals surface area contributed by atoms with E-state index < -0.39 is 5.91 Å². The lowest BCUT2D eigenvalue weighted by molar-refractivity contribution is 0.1000. The van der Waals surface area contributed by atoms with E-state index in [1.807, 2.05) is 19.1 Å². The van der Waals surface area contributed by atoms with Gasteiger partial charge in [-0.05, 0) is 24.1 Å². The number of nitrogens with two attached hydrogens (primary N) is 1. The molecule has 0 fully saturated rings. The fourth-order valence-corrected chi connectivity index (χ4v) is 2.55. The summed E-state index contributed by atoms with van der Waals surface area (Å²) in [7, 11) is 1.71. The Balaban J connectivity index is 0.00000338. The van der Waals surface area contributed by atoms with Gasteiger partial charge < -0.3 is 20.9 Å². The van der Waals surface area contributed by atoms with Gasteiger partial charge in [-0.25, -0.2) is 0 Å². The zero-order valence-corrected chi connectivity index (χ0v) is 17.7. The maximum atomic E-state index is 11.3. The number of carbonyl (C=O) groups is 1. The summed E-state index contributed by atoms with van der Waals surface area (Å²) in [5, 5.41) is 10.6. The first-order chi connectivity index (χ1) is 12.1. The lowest BCUT2D eigenvalue weighted by atomic mass is 10.1. The molecule has 26 heavy (non-hydrogen) atoms. The highest BCUT2D eigenvalue weighted by molar-refractivity contribution is 14.0. The molecule has 1 amide bonds. The molecule has 0 aliphatic carbocycles. The van der Waals surface area contributed by atoms with E-state index in [-0.39, 0.29) is 24.0 Å². The predicted molar refractivity (Wildman–Crippen MR) is 113 cm³/mol. The molecular formula is C18H26IN5O2. The zero-order chi connectivity index (χ0) is 18.2. The maximum Gasteiger partial charge on any atom is 0.248 e. The van der Waals surface area contributed by atoms with E-state index in [9.17, 15) is 4.79 Å². The summed E-state index contributed by atoms with van der Waals surface area (Å²) >= 11 is 0. The van der Waals surface area contributed by atoms with Gasteiger partial charge in [-0.3, -0.25) is 9.79 Å². The van der Waals surface area contributed by atoms with Crippen LogP contribution in [0.25, 0.3) is 0 Å². The molecule has 0 saturated heterocycles. The Morgan fingerprint density at radius 2 is 1.96 bits per heavy atom. The van der Waals surface area contributed by atoms with Crippen molar-refractivity contribution in [3.8, 4) is 0 Å². The Morgan fingerprint density at radius 3 is 2.58 bits per heavy atom. The summed E-state index contributed by atoms with van der Waals surface area (Å²) in [6.45, 7) is 5.23. The molecule has 4 N–H and O–H groups in total. The number of amides is 1. The first-order valence-corrected chi connectivity index (χ1v) is 8.38. The molecule has 2 aromatic rings. The van der Waals surface area contributed by atoms with Crippen molar-refractivity contribution in [2.24, 2.45) is 10.7 Å². The molecule has 0 unspecified atom stereocenters. The first kappa shape index (κ1) is 21.9. The van der Waals surface area contributed by atoms with Crippen LogP contribution in [0.3, 0.4) is 0 Å². The molecule has 1 heterocycles. The molecule has 0 bridgehead atoms. The van der Waals surface area contributed by atoms with Crippen LogP contribution in [0.1, 0.15) is 46.8 Å². The standard InChI is InChI=1S/C18H25N5O2.HI/c1-4-15-14(16(5-2)25-23-15)11-22-18(20-3)21-10-12-7-6-8-13(9-12)17(19)24;/h6-9H,4-5,10-11H2,1-3H3,(H2,19,24)(H2,20,21,22);1H. The van der Waals surface area contributed by atoms with Gasteiger partial charge in [0.2, 0.25) is 5.91 Å². The van der Waals surface area contributed by atoms with Crippen molar-refractivity contribution in [3.63, 3.8) is 0 Å². The fraction of sp³-hybridized carbons (Fsp3) is 0.389. The summed E-state index contributed by atoms with van der Waals surface area (Å²) in [4.78, 5) is 15.5. The second-order valence-electron chi connectivity index (χ2n) is 5.58. The van der Waals surface area contributed by atoms with Crippen LogP contribution in [0, 0.1) is 0 Å². The van der Waals surface area contributed by atoms with Gasteiger partial charge in [0.1, 0.15) is 5.76 Å². The van der Waals surface area contributed by atoms with E-state index in [0.29, 0.717) is 24.6 Å². The van der Waals surface area contributed by atoms with Gasteiger partial charge in [0, 0.05) is 37.7 Å². The van der Waals surface area contributed by atoms with Crippen molar-refractivity contribution >= 4 is 35.8 Å². The number of halogens is 1. The topological polar surface area (TPSA) is 106 Å². The van der Waals surface area contributed by atoms with Gasteiger partial charge >= 0.3 is 0 Å². The highest BCUT2D eigenvalue weighted by Gasteiger charge is 2.13. The van der Waals surface area contributed by atoms with Gasteiger partial charge in [0.15, 0.2) is 5.96 Å². The lowest BCUT2D eigenvalue weighted by Crippen LogP contribution is -2.36. The number of carbonyl (C=O) groups excluding carboxylic acids is 1. The molecule has 1 aromatic carbocycles. The van der Waals surface area contributed by atoms with Crippen LogP contribution in [0.2, 0.25) is 0 Å². The number of guanidine groups is 1. The van der Waals surface area contributed by atoms with E-state index in [1.165, 1.54) is 0 Å². The van der Waals surface area contributed by atoms with Crippen LogP contribution in [-0.4, -0.2) is 24.1 Å². The molecule has 1 aromatic heterocycles. The van der Waals surface area contributed by atoms with Crippen molar-refractivity contribution in [3.05, 3.63) is 52.4 Å². The molecule has 2 rings (SSSR count). The van der Waals surface area contributed by atoms with Gasteiger partial charge in [-0.15, -0.1) is 24.0 Å². The van der Waals surface area contributed by atoms with Crippen molar-refractivity contribution in [2.45, 2.75) is 39.8 Å². The van der Waals surface area contributed by atoms with Crippen LogP contribution in [-0.2, 0) is 25.9 Å². The fourth-order valence-electron chi connectivity index (χ4n) is 2.55. The number of benzene rings is 1. The van der Waals surface area contributed by atoms with Gasteiger partial charge in [-0.2, -0.15) is 0 Å². The van der Waals surface area contributed by atoms with Gasteiger partial charge in [0.25, 0.3) is 0 Å². The highest BCUT2D eigenvalue weighted by atomic mass is 127. The molecule has 0 saturated carbocycles. The van der Waals surface area contributed by atoms with E-state index in [2.05, 4.69) is 27.7 Å². The molecular weight excluding hydrogens is 445 g/mol. The van der Waals surface area contributed by atoms with Crippen molar-refractivity contribution in [1.29, 1.82) is 0 Å². The lowest BCUT2D eigenvalue weighted by Gasteiger charge is -2.12. The van der Waals surface area contributed by atoms with E-state index in [4.69, 9.17) is 10.3 Å². The number of aryl methyl sites for hydroxylation is 2. The molecule has 0 spiro atoms. The minimum atomic E-state index is -0.434. The summed E-state index contributed by atoms with van der Waals surface area (Å²) in [6.07, 6.45) is 1.63. The van der Waals surface area contributed by atoms with E-state index in [0.717, 1.165) is 35.4 Å². The number of aliphatic imine (C=N–C) groups is 1. The second-order valence-corrected chi connectivity index (χ2v) is 5.58. The summed E-state index contributed by atoms with van der Waals surface area (Å²) in [6, 6.07) is 7.21. The molecule has 0 aliphatic rings. The van der Waals surface area contributed by atoms with Crippen LogP contribution in [0.5, 0.6) is 0 Å². The third-order valence-electron chi connectivity index (χ3n) is 3.93. The number of rotatable bonds is 7. The molecule has 0 atom stereocenters. The van der Waals surface area contributed by atoms with E-state index in [1.54, 1.807) is 19.2 Å². The van der Waals surface area contributed by atoms with Gasteiger partial charge in [-0.1, -0.05) is 31.1 Å². The average molecular weight is 471 g/mol. The number of hydrogen-bond donors (Lipinski definition) is 3. The Hall–Kier alpha value is -2.10. The molecule has 7 nitrogen and oxygen atoms in total. The number of nitrogens with zero attached hydrogens (tertiary/aromatic N) is 2. The molecule has 0 radical (unpaired) electrons. The minimum absolute atomic E-state index is 0. The van der Waals surface area contributed by atoms with E-state index >= 15 is 0 Å². The molecule has 8 heteroatoms. The van der Waals surface area contributed by atoms with Crippen LogP contribution in [0.15, 0.2) is 33.8 Å². The summed E-state index contributed by atoms with van der Waals surface area (Å²) in [5.41, 5.74) is 8.81. The Kier molecular flexibility index (Phi) is 9.11. The summed E-state index contributed by atoms with van der Waals surface area (Å²) in [5.74, 6) is 1.12. The largest absolute Gasteiger partial charge is 0.366 e. The smallest absolute Gasteiger partial charge is 0.248 e. The Labute approximate surface area is 170 Å².